The second kappa shape index (κ2) is 8.74. The largest absolute Gasteiger partial charge is 0.386 e. The topological polar surface area (TPSA) is 43.4 Å². The number of hydrogen-bond acceptors (Lipinski definition) is 7. The highest BCUT2D eigenvalue weighted by Crippen LogP contribution is 2.50. The van der Waals surface area contributed by atoms with E-state index in [1.165, 1.54) is 0 Å². The van der Waals surface area contributed by atoms with Gasteiger partial charge >= 0.3 is 11.9 Å². The van der Waals surface area contributed by atoms with Crippen molar-refractivity contribution >= 4 is 59.0 Å². The molecule has 0 unspecified atom stereocenters. The number of benzene rings is 1. The lowest BCUT2D eigenvalue weighted by Gasteiger charge is -2.19. The van der Waals surface area contributed by atoms with E-state index >= 15 is 0 Å². The van der Waals surface area contributed by atoms with Crippen LogP contribution in [0.4, 0.5) is 0 Å². The summed E-state index contributed by atoms with van der Waals surface area (Å²) in [6.07, 6.45) is 0. The lowest BCUT2D eigenvalue weighted by atomic mass is 10.1. The maximum atomic E-state index is 12.3. The Morgan fingerprint density at radius 2 is 0.913 bits per heavy atom. The van der Waals surface area contributed by atoms with Gasteiger partial charge in [0.1, 0.15) is 0 Å². The summed E-state index contributed by atoms with van der Waals surface area (Å²) in [5.74, 6) is 2.55. The van der Waals surface area contributed by atoms with Crippen LogP contribution in [0.25, 0.3) is 0 Å². The fraction of sp³-hybridized carbons (Fsp3) is 0.500. The summed E-state index contributed by atoms with van der Waals surface area (Å²) in [5, 5.41) is 0. The molecule has 0 saturated heterocycles. The molecule has 1 aliphatic heterocycles. The molecule has 0 radical (unpaired) electrons. The van der Waals surface area contributed by atoms with E-state index in [1.54, 1.807) is 47.0 Å². The predicted octanol–water partition coefficient (Wildman–Crippen LogP) is 5.45. The molecule has 0 fully saturated rings. The van der Waals surface area contributed by atoms with Crippen LogP contribution in [0.1, 0.15) is 48.4 Å². The number of carbonyl (C=O) groups is 2. The third-order valence-electron chi connectivity index (χ3n) is 3.07. The Morgan fingerprint density at radius 1 is 0.609 bits per heavy atom. The van der Waals surface area contributed by atoms with Crippen LogP contribution in [-0.4, -0.2) is 35.0 Å². The maximum absolute atomic E-state index is 12.3. The van der Waals surface area contributed by atoms with Gasteiger partial charge in [-0.3, -0.25) is 0 Å². The molecule has 0 atom stereocenters. The Morgan fingerprint density at radius 3 is 1.22 bits per heavy atom. The molecule has 23 heavy (non-hydrogen) atoms. The van der Waals surface area contributed by atoms with Crippen molar-refractivity contribution in [2.75, 3.05) is 23.0 Å². The molecule has 1 aromatic carbocycles. The van der Waals surface area contributed by atoms with Gasteiger partial charge in [-0.15, -0.1) is 47.0 Å². The van der Waals surface area contributed by atoms with Crippen molar-refractivity contribution in [1.29, 1.82) is 0 Å². The zero-order valence-electron chi connectivity index (χ0n) is 13.7. The molecule has 0 saturated carbocycles. The highest BCUT2D eigenvalue weighted by molar-refractivity contribution is 8.04. The number of carbonyl (C=O) groups excluding carboxylic acids is 2. The summed E-state index contributed by atoms with van der Waals surface area (Å²) in [6.45, 7) is 8.32. The van der Waals surface area contributed by atoms with Gasteiger partial charge in [0, 0.05) is 19.6 Å². The molecule has 0 bridgehead atoms. The predicted molar refractivity (Wildman–Crippen MR) is 102 cm³/mol. The van der Waals surface area contributed by atoms with Crippen molar-refractivity contribution in [1.82, 2.24) is 0 Å². The van der Waals surface area contributed by atoms with Gasteiger partial charge in [0.25, 0.3) is 0 Å². The first-order valence-corrected chi connectivity index (χ1v) is 11.6. The van der Waals surface area contributed by atoms with Crippen LogP contribution in [0.15, 0.2) is 19.6 Å². The van der Waals surface area contributed by atoms with Crippen molar-refractivity contribution in [3.8, 4) is 0 Å². The minimum absolute atomic E-state index is 0.481. The average molecular weight is 389 g/mol. The smallest absolute Gasteiger partial charge is 0.348 e. The van der Waals surface area contributed by atoms with Gasteiger partial charge in [0.05, 0.1) is 11.1 Å². The number of hydrogen-bond donors (Lipinski definition) is 0. The number of ether oxygens (including phenoxy) is 1. The molecule has 0 N–H and O–H groups in total. The Labute approximate surface area is 154 Å². The second-order valence-corrected chi connectivity index (χ2v) is 9.57. The molecule has 1 aliphatic rings. The van der Waals surface area contributed by atoms with Crippen LogP contribution in [0.2, 0.25) is 0 Å². The van der Waals surface area contributed by atoms with E-state index in [1.807, 2.05) is 0 Å². The van der Waals surface area contributed by atoms with Gasteiger partial charge in [-0.25, -0.2) is 9.59 Å². The van der Waals surface area contributed by atoms with Crippen molar-refractivity contribution < 1.29 is 14.3 Å². The molecule has 126 valence electrons. The monoisotopic (exact) mass is 388 g/mol. The minimum Gasteiger partial charge on any atom is -0.386 e. The van der Waals surface area contributed by atoms with Gasteiger partial charge in [0.15, 0.2) is 0 Å². The van der Waals surface area contributed by atoms with Crippen LogP contribution in [0.3, 0.4) is 0 Å². The van der Waals surface area contributed by atoms with E-state index < -0.39 is 11.9 Å². The molecule has 0 spiro atoms. The van der Waals surface area contributed by atoms with Crippen molar-refractivity contribution in [3.63, 3.8) is 0 Å². The number of rotatable bonds is 8. The van der Waals surface area contributed by atoms with Gasteiger partial charge in [0.2, 0.25) is 0 Å². The van der Waals surface area contributed by atoms with Gasteiger partial charge in [-0.2, -0.15) is 0 Å². The van der Waals surface area contributed by atoms with Crippen LogP contribution >= 0.6 is 47.0 Å². The molecule has 0 aliphatic carbocycles. The first-order chi connectivity index (χ1) is 11.1. The first kappa shape index (κ1) is 19.1. The van der Waals surface area contributed by atoms with E-state index in [2.05, 4.69) is 27.7 Å². The minimum atomic E-state index is -0.495. The Balaban J connectivity index is 2.83. The second-order valence-electron chi connectivity index (χ2n) is 4.48. The van der Waals surface area contributed by atoms with E-state index in [-0.39, 0.29) is 0 Å². The zero-order valence-corrected chi connectivity index (χ0v) is 17.0. The molecular weight excluding hydrogens is 368 g/mol. The average Bonchev–Trinajstić information content (AvgIpc) is 2.81. The molecular formula is C16H20O3S4. The van der Waals surface area contributed by atoms with Gasteiger partial charge in [-0.1, -0.05) is 27.7 Å². The summed E-state index contributed by atoms with van der Waals surface area (Å²) in [7, 11) is 0. The van der Waals surface area contributed by atoms with Crippen molar-refractivity contribution in [2.45, 2.75) is 47.3 Å². The zero-order chi connectivity index (χ0) is 17.0. The third kappa shape index (κ3) is 3.72. The van der Waals surface area contributed by atoms with E-state index in [0.29, 0.717) is 11.1 Å². The standard InChI is InChI=1S/C16H20O3S4/c1-5-20-11-9-10(16(18)19-15(9)17)12(21-6-2)14(23-8-4)13(11)22-7-3/h5-8H2,1-4H3. The van der Waals surface area contributed by atoms with Crippen LogP contribution in [0, 0.1) is 0 Å². The normalized spacial score (nSPS) is 13.4. The van der Waals surface area contributed by atoms with Gasteiger partial charge < -0.3 is 4.74 Å². The van der Waals surface area contributed by atoms with Gasteiger partial charge in [-0.05, 0) is 23.0 Å². The highest BCUT2D eigenvalue weighted by atomic mass is 32.2. The van der Waals surface area contributed by atoms with Crippen LogP contribution < -0.4 is 0 Å². The molecule has 0 amide bonds. The highest BCUT2D eigenvalue weighted by Gasteiger charge is 2.38. The Bertz CT molecular complexity index is 575. The van der Waals surface area contributed by atoms with Crippen molar-refractivity contribution in [2.24, 2.45) is 0 Å². The van der Waals surface area contributed by atoms with E-state index in [4.69, 9.17) is 4.74 Å². The fourth-order valence-corrected chi connectivity index (χ4v) is 6.75. The summed E-state index contributed by atoms with van der Waals surface area (Å²) < 4.78 is 4.95. The summed E-state index contributed by atoms with van der Waals surface area (Å²) in [5.41, 5.74) is 0.961. The number of cyclic esters (lactones) is 2. The molecule has 2 rings (SSSR count). The van der Waals surface area contributed by atoms with Crippen LogP contribution in [0.5, 0.6) is 0 Å². The molecule has 7 heteroatoms. The van der Waals surface area contributed by atoms with Crippen LogP contribution in [-0.2, 0) is 4.74 Å². The molecule has 0 aromatic heterocycles. The quantitative estimate of drug-likeness (QED) is 0.333. The number of fused-ring (bicyclic) bond motifs is 1. The molecule has 1 heterocycles. The van der Waals surface area contributed by atoms with Crippen molar-refractivity contribution in [3.05, 3.63) is 11.1 Å². The van der Waals surface area contributed by atoms with E-state index in [0.717, 1.165) is 42.6 Å². The summed E-state index contributed by atoms with van der Waals surface area (Å²) >= 11 is 6.73. The number of thioether (sulfide) groups is 4. The SMILES string of the molecule is CCSc1c(SCC)c(SCC)c2c(c1SCC)C(=O)OC2=O. The number of esters is 2. The Kier molecular flexibility index (Phi) is 7.25. The molecule has 3 nitrogen and oxygen atoms in total. The fourth-order valence-electron chi connectivity index (χ4n) is 2.35. The van der Waals surface area contributed by atoms with E-state index in [9.17, 15) is 9.59 Å². The first-order valence-electron chi connectivity index (χ1n) is 7.62. The third-order valence-corrected chi connectivity index (χ3v) is 7.40. The lowest BCUT2D eigenvalue weighted by Crippen LogP contribution is -2.03. The summed E-state index contributed by atoms with van der Waals surface area (Å²) in [4.78, 5) is 28.6. The lowest BCUT2D eigenvalue weighted by molar-refractivity contribution is 0.0441. The summed E-state index contributed by atoms with van der Waals surface area (Å²) in [6, 6.07) is 0. The maximum Gasteiger partial charge on any atom is 0.348 e. The Hall–Kier alpha value is -0.240. The molecule has 1 aromatic rings.